The molecule has 3 nitrogen and oxygen atoms in total. The predicted molar refractivity (Wildman–Crippen MR) is 93.9 cm³/mol. The van der Waals surface area contributed by atoms with Gasteiger partial charge in [0.15, 0.2) is 5.69 Å². The van der Waals surface area contributed by atoms with Gasteiger partial charge in [-0.15, -0.1) is 0 Å². The second-order valence-corrected chi connectivity index (χ2v) is 6.84. The van der Waals surface area contributed by atoms with Crippen molar-refractivity contribution in [3.05, 3.63) is 59.9 Å². The molecule has 4 heteroatoms. The van der Waals surface area contributed by atoms with Gasteiger partial charge in [0.25, 0.3) is 0 Å². The molecule has 0 saturated carbocycles. The topological polar surface area (TPSA) is 22.8 Å². The van der Waals surface area contributed by atoms with Gasteiger partial charge in [-0.1, -0.05) is 48.5 Å². The minimum Gasteiger partial charge on any atom is -0.399 e. The zero-order valence-corrected chi connectivity index (χ0v) is 14.0. The molecular formula is C19H20BNO2. The first-order chi connectivity index (χ1) is 10.8. The SMILES string of the molecule is [C-]#[N+]c1ccccc1-c1ccc(B2OC(C)(C)C(C)(C)O2)cc1. The smallest absolute Gasteiger partial charge is 0.399 e. The van der Waals surface area contributed by atoms with E-state index in [-0.39, 0.29) is 18.3 Å². The number of rotatable bonds is 2. The van der Waals surface area contributed by atoms with Crippen molar-refractivity contribution in [3.8, 4) is 11.1 Å². The van der Waals surface area contributed by atoms with Crippen LogP contribution in [0, 0.1) is 6.57 Å². The Morgan fingerprint density at radius 3 is 2.00 bits per heavy atom. The van der Waals surface area contributed by atoms with E-state index in [1.807, 2.05) is 76.2 Å². The van der Waals surface area contributed by atoms with Gasteiger partial charge in [0.1, 0.15) is 0 Å². The molecule has 1 aliphatic rings. The molecule has 23 heavy (non-hydrogen) atoms. The standard InChI is InChI=1S/C19H20BNO2/c1-18(2)19(3,4)23-20(22-18)15-12-10-14(11-13-15)16-8-6-7-9-17(16)21-5/h6-13H,1-4H3. The van der Waals surface area contributed by atoms with Gasteiger partial charge in [-0.3, -0.25) is 0 Å². The van der Waals surface area contributed by atoms with E-state index in [0.717, 1.165) is 16.6 Å². The van der Waals surface area contributed by atoms with Crippen molar-refractivity contribution in [1.82, 2.24) is 0 Å². The highest BCUT2D eigenvalue weighted by atomic mass is 16.7. The van der Waals surface area contributed by atoms with Gasteiger partial charge >= 0.3 is 7.12 Å². The molecule has 0 aromatic heterocycles. The van der Waals surface area contributed by atoms with Crippen molar-refractivity contribution in [1.29, 1.82) is 0 Å². The lowest BCUT2D eigenvalue weighted by Gasteiger charge is -2.32. The average Bonchev–Trinajstić information content (AvgIpc) is 2.75. The second kappa shape index (κ2) is 5.52. The number of hydrogen-bond acceptors (Lipinski definition) is 2. The van der Waals surface area contributed by atoms with Crippen LogP contribution in [0.5, 0.6) is 0 Å². The highest BCUT2D eigenvalue weighted by Crippen LogP contribution is 2.36. The van der Waals surface area contributed by atoms with Crippen molar-refractivity contribution in [3.63, 3.8) is 0 Å². The molecular weight excluding hydrogens is 285 g/mol. The summed E-state index contributed by atoms with van der Waals surface area (Å²) in [6.07, 6.45) is 0. The maximum absolute atomic E-state index is 7.28. The van der Waals surface area contributed by atoms with Crippen LogP contribution in [0.2, 0.25) is 0 Å². The highest BCUT2D eigenvalue weighted by molar-refractivity contribution is 6.62. The zero-order valence-electron chi connectivity index (χ0n) is 14.0. The first kappa shape index (κ1) is 15.8. The molecule has 0 atom stereocenters. The summed E-state index contributed by atoms with van der Waals surface area (Å²) in [5.41, 5.74) is 2.95. The van der Waals surface area contributed by atoms with E-state index >= 15 is 0 Å². The van der Waals surface area contributed by atoms with Gasteiger partial charge in [-0.05, 0) is 44.3 Å². The van der Waals surface area contributed by atoms with Crippen LogP contribution >= 0.6 is 0 Å². The summed E-state index contributed by atoms with van der Waals surface area (Å²) in [6, 6.07) is 15.7. The second-order valence-electron chi connectivity index (χ2n) is 6.84. The van der Waals surface area contributed by atoms with Crippen LogP contribution in [0.4, 0.5) is 5.69 Å². The molecule has 3 rings (SSSR count). The third-order valence-corrected chi connectivity index (χ3v) is 4.77. The molecule has 0 spiro atoms. The minimum atomic E-state index is -0.356. The normalized spacial score (nSPS) is 18.7. The van der Waals surface area contributed by atoms with Crippen molar-refractivity contribution in [2.75, 3.05) is 0 Å². The summed E-state index contributed by atoms with van der Waals surface area (Å²) < 4.78 is 12.1. The van der Waals surface area contributed by atoms with Crippen LogP contribution in [-0.2, 0) is 9.31 Å². The van der Waals surface area contributed by atoms with Crippen LogP contribution in [0.25, 0.3) is 16.0 Å². The third kappa shape index (κ3) is 2.78. The molecule has 0 aliphatic carbocycles. The Morgan fingerprint density at radius 2 is 1.43 bits per heavy atom. The molecule has 0 unspecified atom stereocenters. The average molecular weight is 305 g/mol. The minimum absolute atomic E-state index is 0.340. The van der Waals surface area contributed by atoms with E-state index < -0.39 is 0 Å². The van der Waals surface area contributed by atoms with Gasteiger partial charge < -0.3 is 9.31 Å². The maximum atomic E-state index is 7.28. The monoisotopic (exact) mass is 305 g/mol. The molecule has 1 saturated heterocycles. The fourth-order valence-electron chi connectivity index (χ4n) is 2.61. The first-order valence-electron chi connectivity index (χ1n) is 7.76. The number of benzene rings is 2. The zero-order chi connectivity index (χ0) is 16.7. The largest absolute Gasteiger partial charge is 0.494 e. The van der Waals surface area contributed by atoms with E-state index in [1.54, 1.807) is 0 Å². The molecule has 1 fully saturated rings. The van der Waals surface area contributed by atoms with Gasteiger partial charge in [0, 0.05) is 0 Å². The molecule has 2 aromatic carbocycles. The van der Waals surface area contributed by atoms with E-state index in [1.165, 1.54) is 0 Å². The lowest BCUT2D eigenvalue weighted by molar-refractivity contribution is 0.00578. The van der Waals surface area contributed by atoms with Crippen molar-refractivity contribution >= 4 is 18.3 Å². The fourth-order valence-corrected chi connectivity index (χ4v) is 2.61. The van der Waals surface area contributed by atoms with Crippen LogP contribution in [0.15, 0.2) is 48.5 Å². The molecule has 0 radical (unpaired) electrons. The van der Waals surface area contributed by atoms with Gasteiger partial charge in [-0.2, -0.15) is 0 Å². The quantitative estimate of drug-likeness (QED) is 0.613. The Morgan fingerprint density at radius 1 is 0.870 bits per heavy atom. The summed E-state index contributed by atoms with van der Waals surface area (Å²) in [5, 5.41) is 0. The van der Waals surface area contributed by atoms with Crippen molar-refractivity contribution < 1.29 is 9.31 Å². The number of hydrogen-bond donors (Lipinski definition) is 0. The molecule has 0 N–H and O–H groups in total. The summed E-state index contributed by atoms with van der Waals surface area (Å²) in [5.74, 6) is 0. The summed E-state index contributed by atoms with van der Waals surface area (Å²) >= 11 is 0. The molecule has 116 valence electrons. The van der Waals surface area contributed by atoms with Gasteiger partial charge in [0.05, 0.1) is 17.8 Å². The van der Waals surface area contributed by atoms with E-state index in [2.05, 4.69) is 4.85 Å². The molecule has 0 bridgehead atoms. The molecule has 0 amide bonds. The lowest BCUT2D eigenvalue weighted by atomic mass is 9.78. The van der Waals surface area contributed by atoms with E-state index in [4.69, 9.17) is 15.9 Å². The van der Waals surface area contributed by atoms with Crippen molar-refractivity contribution in [2.45, 2.75) is 38.9 Å². The number of nitrogens with zero attached hydrogens (tertiary/aromatic N) is 1. The van der Waals surface area contributed by atoms with Gasteiger partial charge in [-0.25, -0.2) is 4.85 Å². The maximum Gasteiger partial charge on any atom is 0.494 e. The number of para-hydroxylation sites is 1. The third-order valence-electron chi connectivity index (χ3n) is 4.77. The van der Waals surface area contributed by atoms with E-state index in [9.17, 15) is 0 Å². The van der Waals surface area contributed by atoms with Crippen LogP contribution in [0.3, 0.4) is 0 Å². The summed E-state index contributed by atoms with van der Waals surface area (Å²) in [7, 11) is -0.356. The van der Waals surface area contributed by atoms with E-state index in [0.29, 0.717) is 5.69 Å². The van der Waals surface area contributed by atoms with Crippen LogP contribution < -0.4 is 5.46 Å². The fraction of sp³-hybridized carbons (Fsp3) is 0.316. The van der Waals surface area contributed by atoms with Crippen LogP contribution in [-0.4, -0.2) is 18.3 Å². The van der Waals surface area contributed by atoms with Crippen molar-refractivity contribution in [2.24, 2.45) is 0 Å². The molecule has 1 aliphatic heterocycles. The molecule has 2 aromatic rings. The van der Waals surface area contributed by atoms with Crippen LogP contribution in [0.1, 0.15) is 27.7 Å². The summed E-state index contributed by atoms with van der Waals surface area (Å²) in [4.78, 5) is 3.59. The Bertz CT molecular complexity index is 744. The summed E-state index contributed by atoms with van der Waals surface area (Å²) in [6.45, 7) is 15.5. The first-order valence-corrected chi connectivity index (χ1v) is 7.76. The Labute approximate surface area is 138 Å². The lowest BCUT2D eigenvalue weighted by Crippen LogP contribution is -2.41. The Hall–Kier alpha value is -2.09. The Kier molecular flexibility index (Phi) is 3.79. The predicted octanol–water partition coefficient (Wildman–Crippen LogP) is 4.20. The Balaban J connectivity index is 1.88. The molecule has 1 heterocycles. The van der Waals surface area contributed by atoms with Gasteiger partial charge in [0.2, 0.25) is 0 Å². The highest BCUT2D eigenvalue weighted by Gasteiger charge is 2.51.